The first-order chi connectivity index (χ1) is 9.97. The van der Waals surface area contributed by atoms with Crippen LogP contribution in [0.2, 0.25) is 5.02 Å². The van der Waals surface area contributed by atoms with E-state index in [-0.39, 0.29) is 17.9 Å². The Morgan fingerprint density at radius 1 is 1.57 bits per heavy atom. The van der Waals surface area contributed by atoms with Crippen molar-refractivity contribution in [2.24, 2.45) is 0 Å². The van der Waals surface area contributed by atoms with Gasteiger partial charge in [-0.2, -0.15) is 0 Å². The van der Waals surface area contributed by atoms with Crippen molar-refractivity contribution >= 4 is 34.8 Å². The Hall–Kier alpha value is -1.79. The number of nitrogens with one attached hydrogen (secondary N) is 2. The number of halogens is 1. The molecular formula is C14H19ClN4O2. The van der Waals surface area contributed by atoms with Crippen LogP contribution in [0.15, 0.2) is 18.2 Å². The summed E-state index contributed by atoms with van der Waals surface area (Å²) in [5, 5.41) is 6.05. The number of hydrogen-bond acceptors (Lipinski definition) is 4. The van der Waals surface area contributed by atoms with Gasteiger partial charge in [-0.05, 0) is 25.1 Å². The minimum absolute atomic E-state index is 0.000689. The molecule has 4 N–H and O–H groups in total. The Morgan fingerprint density at radius 3 is 3.10 bits per heavy atom. The quantitative estimate of drug-likeness (QED) is 0.726. The van der Waals surface area contributed by atoms with Crippen LogP contribution in [0.25, 0.3) is 0 Å². The largest absolute Gasteiger partial charge is 0.397 e. The highest BCUT2D eigenvalue weighted by atomic mass is 35.5. The third kappa shape index (κ3) is 4.09. The molecule has 2 rings (SSSR count). The van der Waals surface area contributed by atoms with Crippen LogP contribution >= 0.6 is 11.6 Å². The Morgan fingerprint density at radius 2 is 2.33 bits per heavy atom. The van der Waals surface area contributed by atoms with E-state index in [1.807, 2.05) is 11.8 Å². The molecule has 0 aliphatic carbocycles. The van der Waals surface area contributed by atoms with Gasteiger partial charge >= 0.3 is 0 Å². The zero-order valence-electron chi connectivity index (χ0n) is 11.9. The number of carbonyl (C=O) groups excluding carboxylic acids is 2. The highest BCUT2D eigenvalue weighted by molar-refractivity contribution is 6.31. The van der Waals surface area contributed by atoms with E-state index in [4.69, 9.17) is 17.3 Å². The van der Waals surface area contributed by atoms with Crippen LogP contribution in [-0.4, -0.2) is 42.4 Å². The average Bonchev–Trinajstić information content (AvgIpc) is 2.44. The topological polar surface area (TPSA) is 87.5 Å². The van der Waals surface area contributed by atoms with Crippen molar-refractivity contribution in [3.05, 3.63) is 23.2 Å². The van der Waals surface area contributed by atoms with Crippen LogP contribution < -0.4 is 16.4 Å². The number of nitrogens with two attached hydrogens (primary N) is 1. The van der Waals surface area contributed by atoms with Crippen molar-refractivity contribution in [2.45, 2.75) is 19.4 Å². The molecule has 6 nitrogen and oxygen atoms in total. The number of nitrogen functional groups attached to an aromatic ring is 1. The molecule has 1 heterocycles. The molecule has 114 valence electrons. The molecule has 1 aromatic carbocycles. The maximum Gasteiger partial charge on any atom is 0.237 e. The Labute approximate surface area is 128 Å². The van der Waals surface area contributed by atoms with Gasteiger partial charge < -0.3 is 16.4 Å². The second kappa shape index (κ2) is 6.78. The molecular weight excluding hydrogens is 292 g/mol. The molecule has 0 radical (unpaired) electrons. The lowest BCUT2D eigenvalue weighted by atomic mass is 10.2. The van der Waals surface area contributed by atoms with Gasteiger partial charge in [-0.25, -0.2) is 0 Å². The molecule has 1 aromatic rings. The highest BCUT2D eigenvalue weighted by Gasteiger charge is 2.25. The van der Waals surface area contributed by atoms with Crippen molar-refractivity contribution in [1.82, 2.24) is 10.2 Å². The fraction of sp³-hybridized carbons (Fsp3) is 0.429. The molecule has 0 saturated carbocycles. The highest BCUT2D eigenvalue weighted by Crippen LogP contribution is 2.23. The summed E-state index contributed by atoms with van der Waals surface area (Å²) < 4.78 is 0. The van der Waals surface area contributed by atoms with Gasteiger partial charge in [-0.3, -0.25) is 14.5 Å². The second-order valence-electron chi connectivity index (χ2n) is 5.03. The van der Waals surface area contributed by atoms with Crippen molar-refractivity contribution in [3.8, 4) is 0 Å². The van der Waals surface area contributed by atoms with Crippen molar-refractivity contribution in [2.75, 3.05) is 30.7 Å². The average molecular weight is 311 g/mol. The zero-order valence-corrected chi connectivity index (χ0v) is 12.6. The molecule has 21 heavy (non-hydrogen) atoms. The van der Waals surface area contributed by atoms with Gasteiger partial charge in [0.05, 0.1) is 17.4 Å². The van der Waals surface area contributed by atoms with Crippen molar-refractivity contribution < 1.29 is 9.59 Å². The number of hydrogen-bond donors (Lipinski definition) is 3. The van der Waals surface area contributed by atoms with Gasteiger partial charge in [0.25, 0.3) is 0 Å². The van der Waals surface area contributed by atoms with Crippen LogP contribution in [0, 0.1) is 0 Å². The number of piperazine rings is 1. The summed E-state index contributed by atoms with van der Waals surface area (Å²) in [5.74, 6) is -0.150. The summed E-state index contributed by atoms with van der Waals surface area (Å²) in [7, 11) is 0. The van der Waals surface area contributed by atoms with E-state index in [2.05, 4.69) is 10.6 Å². The molecule has 7 heteroatoms. The molecule has 1 aliphatic rings. The molecule has 1 fully saturated rings. The number of amides is 2. The van der Waals surface area contributed by atoms with E-state index in [1.165, 1.54) is 0 Å². The monoisotopic (exact) mass is 310 g/mol. The number of carbonyl (C=O) groups is 2. The van der Waals surface area contributed by atoms with Gasteiger partial charge in [0.1, 0.15) is 0 Å². The number of benzene rings is 1. The first-order valence-corrected chi connectivity index (χ1v) is 7.22. The number of rotatable bonds is 4. The lowest BCUT2D eigenvalue weighted by molar-refractivity contribution is -0.129. The fourth-order valence-corrected chi connectivity index (χ4v) is 2.40. The van der Waals surface area contributed by atoms with Gasteiger partial charge in [0.15, 0.2) is 0 Å². The molecule has 1 aliphatic heterocycles. The van der Waals surface area contributed by atoms with E-state index in [9.17, 15) is 9.59 Å². The van der Waals surface area contributed by atoms with Gasteiger partial charge in [0, 0.05) is 31.1 Å². The van der Waals surface area contributed by atoms with Crippen LogP contribution in [0.3, 0.4) is 0 Å². The molecule has 0 bridgehead atoms. The summed E-state index contributed by atoms with van der Waals surface area (Å²) >= 11 is 5.87. The number of anilines is 2. The molecule has 1 saturated heterocycles. The SMILES string of the molecule is CC1C(=O)NCCN1CCC(=O)Nc1cc(Cl)ccc1N. The molecule has 0 aromatic heterocycles. The third-order valence-electron chi connectivity index (χ3n) is 3.54. The first-order valence-electron chi connectivity index (χ1n) is 6.84. The minimum atomic E-state index is -0.206. The van der Waals surface area contributed by atoms with Crippen LogP contribution in [0.5, 0.6) is 0 Å². The first kappa shape index (κ1) is 15.6. The lowest BCUT2D eigenvalue weighted by Crippen LogP contribution is -2.54. The van der Waals surface area contributed by atoms with E-state index in [0.717, 1.165) is 6.54 Å². The summed E-state index contributed by atoms with van der Waals surface area (Å²) in [6, 6.07) is 4.73. The predicted molar refractivity (Wildman–Crippen MR) is 83.2 cm³/mol. The fourth-order valence-electron chi connectivity index (χ4n) is 2.23. The minimum Gasteiger partial charge on any atom is -0.397 e. The molecule has 0 spiro atoms. The van der Waals surface area contributed by atoms with Crippen LogP contribution in [0.1, 0.15) is 13.3 Å². The Balaban J connectivity index is 1.87. The summed E-state index contributed by atoms with van der Waals surface area (Å²) in [4.78, 5) is 25.5. The summed E-state index contributed by atoms with van der Waals surface area (Å²) in [6.07, 6.45) is 0.295. The maximum atomic E-state index is 12.0. The maximum absolute atomic E-state index is 12.0. The van der Waals surface area contributed by atoms with Gasteiger partial charge in [-0.1, -0.05) is 11.6 Å². The zero-order chi connectivity index (χ0) is 15.4. The summed E-state index contributed by atoms with van der Waals surface area (Å²) in [6.45, 7) is 3.73. The van der Waals surface area contributed by atoms with E-state index in [1.54, 1.807) is 18.2 Å². The third-order valence-corrected chi connectivity index (χ3v) is 3.78. The Kier molecular flexibility index (Phi) is 5.03. The summed E-state index contributed by atoms with van der Waals surface area (Å²) in [5.41, 5.74) is 6.76. The second-order valence-corrected chi connectivity index (χ2v) is 5.47. The standard InChI is InChI=1S/C14H19ClN4O2/c1-9-14(21)17-5-7-19(9)6-4-13(20)18-12-8-10(15)2-3-11(12)16/h2-3,8-9H,4-7,16H2,1H3,(H,17,21)(H,18,20). The van der Waals surface area contributed by atoms with Gasteiger partial charge in [0.2, 0.25) is 11.8 Å². The van der Waals surface area contributed by atoms with E-state index in [0.29, 0.717) is 35.9 Å². The molecule has 1 atom stereocenters. The Bertz CT molecular complexity index is 550. The molecule has 1 unspecified atom stereocenters. The van der Waals surface area contributed by atoms with E-state index >= 15 is 0 Å². The van der Waals surface area contributed by atoms with Crippen molar-refractivity contribution in [1.29, 1.82) is 0 Å². The normalized spacial score (nSPS) is 19.1. The lowest BCUT2D eigenvalue weighted by Gasteiger charge is -2.32. The van der Waals surface area contributed by atoms with Crippen LogP contribution in [0.4, 0.5) is 11.4 Å². The molecule has 2 amide bonds. The van der Waals surface area contributed by atoms with E-state index < -0.39 is 0 Å². The number of nitrogens with zero attached hydrogens (tertiary/aromatic N) is 1. The smallest absolute Gasteiger partial charge is 0.237 e. The van der Waals surface area contributed by atoms with Gasteiger partial charge in [-0.15, -0.1) is 0 Å². The van der Waals surface area contributed by atoms with Crippen molar-refractivity contribution in [3.63, 3.8) is 0 Å². The van der Waals surface area contributed by atoms with Crippen LogP contribution in [-0.2, 0) is 9.59 Å². The predicted octanol–water partition coefficient (Wildman–Crippen LogP) is 1.07.